The van der Waals surface area contributed by atoms with Gasteiger partial charge >= 0.3 is 0 Å². The number of benzene rings is 2. The van der Waals surface area contributed by atoms with Gasteiger partial charge in [0, 0.05) is 43.2 Å². The highest BCUT2D eigenvalue weighted by Gasteiger charge is 2.16. The number of fused-ring (bicyclic) bond motifs is 1. The zero-order chi connectivity index (χ0) is 20.1. The summed E-state index contributed by atoms with van der Waals surface area (Å²) in [6, 6.07) is 17.1. The zero-order valence-electron chi connectivity index (χ0n) is 17.2. The molecule has 4 heteroatoms. The molecule has 1 aliphatic rings. The Bertz CT molecular complexity index is 970. The first-order chi connectivity index (χ1) is 14.2. The van der Waals surface area contributed by atoms with Crippen LogP contribution in [0.2, 0.25) is 0 Å². The van der Waals surface area contributed by atoms with Gasteiger partial charge in [-0.2, -0.15) is 0 Å². The third-order valence-corrected chi connectivity index (χ3v) is 5.87. The fourth-order valence-corrected chi connectivity index (χ4v) is 4.18. The van der Waals surface area contributed by atoms with E-state index in [1.54, 1.807) is 0 Å². The summed E-state index contributed by atoms with van der Waals surface area (Å²) in [7, 11) is 0. The van der Waals surface area contributed by atoms with Gasteiger partial charge in [0.05, 0.1) is 6.10 Å². The molecular formula is C25H30N2O2. The van der Waals surface area contributed by atoms with Gasteiger partial charge in [-0.15, -0.1) is 0 Å². The first-order valence-corrected chi connectivity index (χ1v) is 10.7. The standard InChI is InChI=1S/C25H30N2O2/c1-19-8-2-3-9-20(19)17-27-18-21(23-12-4-5-13-24(23)27)10-6-14-25(28)26-16-22-11-7-15-29-22/h2-5,8-9,12-13,18,22H,6-7,10-11,14-17H2,1H3,(H,26,28). The molecule has 1 N–H and O–H groups in total. The second-order valence-electron chi connectivity index (χ2n) is 8.02. The number of hydrogen-bond acceptors (Lipinski definition) is 2. The summed E-state index contributed by atoms with van der Waals surface area (Å²) >= 11 is 0. The minimum atomic E-state index is 0.129. The molecule has 152 valence electrons. The Morgan fingerprint density at radius 3 is 2.79 bits per heavy atom. The van der Waals surface area contributed by atoms with Crippen LogP contribution in [0, 0.1) is 6.92 Å². The average Bonchev–Trinajstić information content (AvgIpc) is 3.37. The first-order valence-electron chi connectivity index (χ1n) is 10.7. The summed E-state index contributed by atoms with van der Waals surface area (Å²) in [5.41, 5.74) is 5.23. The van der Waals surface area contributed by atoms with Crippen LogP contribution in [-0.2, 0) is 22.5 Å². The van der Waals surface area contributed by atoms with Gasteiger partial charge in [-0.25, -0.2) is 0 Å². The Kier molecular flexibility index (Phi) is 6.30. The van der Waals surface area contributed by atoms with Gasteiger partial charge in [-0.05, 0) is 55.4 Å². The number of aryl methyl sites for hydroxylation is 2. The van der Waals surface area contributed by atoms with Gasteiger partial charge < -0.3 is 14.6 Å². The summed E-state index contributed by atoms with van der Waals surface area (Å²) in [5.74, 6) is 0.129. The lowest BCUT2D eigenvalue weighted by molar-refractivity contribution is -0.121. The number of nitrogens with zero attached hydrogens (tertiary/aromatic N) is 1. The Morgan fingerprint density at radius 2 is 1.97 bits per heavy atom. The smallest absolute Gasteiger partial charge is 0.220 e. The Hall–Kier alpha value is -2.59. The summed E-state index contributed by atoms with van der Waals surface area (Å²) in [6.45, 7) is 4.51. The molecular weight excluding hydrogens is 360 g/mol. The highest BCUT2D eigenvalue weighted by atomic mass is 16.5. The van der Waals surface area contributed by atoms with E-state index in [2.05, 4.69) is 71.5 Å². The van der Waals surface area contributed by atoms with Crippen LogP contribution in [-0.4, -0.2) is 29.7 Å². The monoisotopic (exact) mass is 390 g/mol. The summed E-state index contributed by atoms with van der Waals surface area (Å²) < 4.78 is 7.91. The van der Waals surface area contributed by atoms with Crippen molar-refractivity contribution in [2.24, 2.45) is 0 Å². The predicted octanol–water partition coefficient (Wildman–Crippen LogP) is 4.62. The molecule has 1 fully saturated rings. The van der Waals surface area contributed by atoms with Crippen molar-refractivity contribution in [2.75, 3.05) is 13.2 Å². The zero-order valence-corrected chi connectivity index (χ0v) is 17.2. The van der Waals surface area contributed by atoms with Crippen LogP contribution in [0.3, 0.4) is 0 Å². The normalized spacial score (nSPS) is 16.4. The van der Waals surface area contributed by atoms with Gasteiger partial charge in [-0.3, -0.25) is 4.79 Å². The van der Waals surface area contributed by atoms with E-state index in [0.29, 0.717) is 13.0 Å². The van der Waals surface area contributed by atoms with Gasteiger partial charge in [0.15, 0.2) is 0 Å². The molecule has 0 radical (unpaired) electrons. The number of amides is 1. The fraction of sp³-hybridized carbons (Fsp3) is 0.400. The van der Waals surface area contributed by atoms with Crippen molar-refractivity contribution >= 4 is 16.8 Å². The molecule has 2 aromatic carbocycles. The van der Waals surface area contributed by atoms with E-state index in [1.165, 1.54) is 27.6 Å². The van der Waals surface area contributed by atoms with E-state index in [9.17, 15) is 4.79 Å². The summed E-state index contributed by atoms with van der Waals surface area (Å²) in [6.07, 6.45) is 6.96. The number of nitrogens with one attached hydrogen (secondary N) is 1. The number of carbonyl (C=O) groups excluding carboxylic acids is 1. The third-order valence-electron chi connectivity index (χ3n) is 5.87. The Labute approximate surface area is 172 Å². The Balaban J connectivity index is 1.38. The van der Waals surface area contributed by atoms with Crippen LogP contribution in [0.5, 0.6) is 0 Å². The van der Waals surface area contributed by atoms with Crippen molar-refractivity contribution in [2.45, 2.75) is 51.7 Å². The molecule has 1 atom stereocenters. The van der Waals surface area contributed by atoms with E-state index in [1.807, 2.05) is 0 Å². The highest BCUT2D eigenvalue weighted by Crippen LogP contribution is 2.24. The van der Waals surface area contributed by atoms with Crippen molar-refractivity contribution < 1.29 is 9.53 Å². The van der Waals surface area contributed by atoms with Crippen molar-refractivity contribution in [1.29, 1.82) is 0 Å². The number of para-hydroxylation sites is 1. The molecule has 0 bridgehead atoms. The van der Waals surface area contributed by atoms with Crippen LogP contribution in [0.25, 0.3) is 10.9 Å². The van der Waals surface area contributed by atoms with Crippen molar-refractivity contribution in [1.82, 2.24) is 9.88 Å². The molecule has 1 aliphatic heterocycles. The van der Waals surface area contributed by atoms with Crippen molar-refractivity contribution in [3.63, 3.8) is 0 Å². The number of carbonyl (C=O) groups is 1. The molecule has 1 amide bonds. The van der Waals surface area contributed by atoms with E-state index in [4.69, 9.17) is 4.74 Å². The predicted molar refractivity (Wildman–Crippen MR) is 117 cm³/mol. The lowest BCUT2D eigenvalue weighted by Crippen LogP contribution is -2.31. The lowest BCUT2D eigenvalue weighted by Gasteiger charge is -2.10. The maximum Gasteiger partial charge on any atom is 0.220 e. The minimum Gasteiger partial charge on any atom is -0.376 e. The molecule has 4 nitrogen and oxygen atoms in total. The van der Waals surface area contributed by atoms with Gasteiger partial charge in [0.2, 0.25) is 5.91 Å². The minimum absolute atomic E-state index is 0.129. The Morgan fingerprint density at radius 1 is 1.14 bits per heavy atom. The van der Waals surface area contributed by atoms with Gasteiger partial charge in [0.1, 0.15) is 0 Å². The quantitative estimate of drug-likeness (QED) is 0.610. The molecule has 3 aromatic rings. The van der Waals surface area contributed by atoms with Crippen molar-refractivity contribution in [3.05, 3.63) is 71.4 Å². The van der Waals surface area contributed by atoms with Crippen LogP contribution < -0.4 is 5.32 Å². The average molecular weight is 391 g/mol. The second-order valence-corrected chi connectivity index (χ2v) is 8.02. The van der Waals surface area contributed by atoms with E-state index >= 15 is 0 Å². The molecule has 29 heavy (non-hydrogen) atoms. The van der Waals surface area contributed by atoms with Gasteiger partial charge in [-0.1, -0.05) is 42.5 Å². The number of hydrogen-bond donors (Lipinski definition) is 1. The molecule has 1 saturated heterocycles. The summed E-state index contributed by atoms with van der Waals surface area (Å²) in [5, 5.41) is 4.32. The first kappa shape index (κ1) is 19.7. The van der Waals surface area contributed by atoms with Crippen LogP contribution in [0.1, 0.15) is 42.4 Å². The number of rotatable bonds is 8. The second kappa shape index (κ2) is 9.27. The molecule has 1 aromatic heterocycles. The maximum absolute atomic E-state index is 12.2. The molecule has 0 spiro atoms. The van der Waals surface area contributed by atoms with Crippen molar-refractivity contribution in [3.8, 4) is 0 Å². The SMILES string of the molecule is Cc1ccccc1Cn1cc(CCCC(=O)NCC2CCCO2)c2ccccc21. The molecule has 4 rings (SSSR count). The molecule has 0 aliphatic carbocycles. The van der Waals surface area contributed by atoms with Crippen LogP contribution in [0.4, 0.5) is 0 Å². The lowest BCUT2D eigenvalue weighted by atomic mass is 10.1. The summed E-state index contributed by atoms with van der Waals surface area (Å²) in [4.78, 5) is 12.2. The van der Waals surface area contributed by atoms with Crippen LogP contribution >= 0.6 is 0 Å². The molecule has 1 unspecified atom stereocenters. The highest BCUT2D eigenvalue weighted by molar-refractivity contribution is 5.84. The largest absolute Gasteiger partial charge is 0.376 e. The fourth-order valence-electron chi connectivity index (χ4n) is 4.18. The van der Waals surface area contributed by atoms with Crippen LogP contribution in [0.15, 0.2) is 54.7 Å². The number of ether oxygens (including phenoxy) is 1. The maximum atomic E-state index is 12.2. The molecule has 2 heterocycles. The van der Waals surface area contributed by atoms with E-state index in [-0.39, 0.29) is 12.0 Å². The van der Waals surface area contributed by atoms with E-state index < -0.39 is 0 Å². The topological polar surface area (TPSA) is 43.3 Å². The van der Waals surface area contributed by atoms with Gasteiger partial charge in [0.25, 0.3) is 0 Å². The third kappa shape index (κ3) is 4.88. The number of aromatic nitrogens is 1. The molecule has 0 saturated carbocycles. The van der Waals surface area contributed by atoms with E-state index in [0.717, 1.165) is 38.8 Å².